The van der Waals surface area contributed by atoms with E-state index < -0.39 is 11.9 Å². The van der Waals surface area contributed by atoms with Crippen LogP contribution in [0.3, 0.4) is 0 Å². The summed E-state index contributed by atoms with van der Waals surface area (Å²) < 4.78 is 0. The Morgan fingerprint density at radius 2 is 2.15 bits per heavy atom. The topological polar surface area (TPSA) is 69.6 Å². The Morgan fingerprint density at radius 3 is 2.90 bits per heavy atom. The minimum atomic E-state index is -0.810. The van der Waals surface area contributed by atoms with Crippen molar-refractivity contribution >= 4 is 11.9 Å². The van der Waals surface area contributed by atoms with E-state index in [9.17, 15) is 9.59 Å². The van der Waals surface area contributed by atoms with Gasteiger partial charge < -0.3 is 15.3 Å². The van der Waals surface area contributed by atoms with Crippen molar-refractivity contribution in [2.45, 2.75) is 19.4 Å². The second-order valence-corrected chi connectivity index (χ2v) is 5.49. The van der Waals surface area contributed by atoms with Gasteiger partial charge in [0.05, 0.1) is 5.92 Å². The third kappa shape index (κ3) is 2.41. The van der Waals surface area contributed by atoms with E-state index in [1.54, 1.807) is 4.90 Å². The third-order valence-corrected chi connectivity index (χ3v) is 4.16. The molecule has 0 radical (unpaired) electrons. The number of fused-ring (bicyclic) bond motifs is 1. The van der Waals surface area contributed by atoms with Crippen LogP contribution in [0.4, 0.5) is 0 Å². The van der Waals surface area contributed by atoms with Crippen LogP contribution in [-0.2, 0) is 17.8 Å². The number of nitrogens with zero attached hydrogens (tertiary/aromatic N) is 1. The maximum absolute atomic E-state index is 12.4. The molecule has 1 aromatic rings. The Kier molecular flexibility index (Phi) is 3.44. The van der Waals surface area contributed by atoms with Gasteiger partial charge in [-0.25, -0.2) is 0 Å². The maximum Gasteiger partial charge on any atom is 0.308 e. The van der Waals surface area contributed by atoms with Crippen molar-refractivity contribution in [2.75, 3.05) is 19.6 Å². The van der Waals surface area contributed by atoms with E-state index >= 15 is 0 Å². The van der Waals surface area contributed by atoms with Crippen LogP contribution < -0.4 is 5.32 Å². The van der Waals surface area contributed by atoms with Crippen molar-refractivity contribution in [3.63, 3.8) is 0 Å². The molecule has 1 unspecified atom stereocenters. The van der Waals surface area contributed by atoms with Gasteiger partial charge in [-0.1, -0.05) is 6.07 Å². The fraction of sp³-hybridized carbons (Fsp3) is 0.467. The SMILES string of the molecule is O=C(O)C1CCN(C(=O)c2ccc3c(c2)CNCC3)C1. The standard InChI is InChI=1S/C15H18N2O3/c18-14(17-6-4-12(9-17)15(19)20)11-2-1-10-3-5-16-8-13(10)7-11/h1-2,7,12,16H,3-6,8-9H2,(H,19,20). The molecule has 20 heavy (non-hydrogen) atoms. The first-order valence-corrected chi connectivity index (χ1v) is 7.00. The number of nitrogens with one attached hydrogen (secondary N) is 1. The molecule has 106 valence electrons. The van der Waals surface area contributed by atoms with Gasteiger partial charge in [0.2, 0.25) is 0 Å². The smallest absolute Gasteiger partial charge is 0.308 e. The van der Waals surface area contributed by atoms with Crippen LogP contribution in [0.2, 0.25) is 0 Å². The highest BCUT2D eigenvalue weighted by Crippen LogP contribution is 2.21. The van der Waals surface area contributed by atoms with Crippen LogP contribution in [0.5, 0.6) is 0 Å². The minimum Gasteiger partial charge on any atom is -0.481 e. The molecular weight excluding hydrogens is 256 g/mol. The lowest BCUT2D eigenvalue weighted by Crippen LogP contribution is -2.30. The van der Waals surface area contributed by atoms with Crippen LogP contribution in [0.25, 0.3) is 0 Å². The molecule has 2 aliphatic heterocycles. The number of hydrogen-bond acceptors (Lipinski definition) is 3. The summed E-state index contributed by atoms with van der Waals surface area (Å²) >= 11 is 0. The molecule has 0 aromatic heterocycles. The predicted octanol–water partition coefficient (Wildman–Crippen LogP) is 0.879. The quantitative estimate of drug-likeness (QED) is 0.840. The lowest BCUT2D eigenvalue weighted by Gasteiger charge is -2.20. The van der Waals surface area contributed by atoms with E-state index in [1.807, 2.05) is 18.2 Å². The van der Waals surface area contributed by atoms with Gasteiger partial charge in [0.25, 0.3) is 5.91 Å². The molecule has 0 spiro atoms. The van der Waals surface area contributed by atoms with Crippen LogP contribution in [0.1, 0.15) is 27.9 Å². The van der Waals surface area contributed by atoms with Crippen molar-refractivity contribution < 1.29 is 14.7 Å². The monoisotopic (exact) mass is 274 g/mol. The number of carboxylic acids is 1. The Bertz CT molecular complexity index is 556. The van der Waals surface area contributed by atoms with Crippen molar-refractivity contribution in [1.82, 2.24) is 10.2 Å². The van der Waals surface area contributed by atoms with E-state index in [0.29, 0.717) is 25.1 Å². The minimum absolute atomic E-state index is 0.0536. The van der Waals surface area contributed by atoms with Gasteiger partial charge >= 0.3 is 5.97 Å². The van der Waals surface area contributed by atoms with E-state index in [-0.39, 0.29) is 5.91 Å². The predicted molar refractivity (Wildman–Crippen MR) is 73.5 cm³/mol. The number of aliphatic carboxylic acids is 1. The zero-order chi connectivity index (χ0) is 14.1. The molecule has 0 bridgehead atoms. The van der Waals surface area contributed by atoms with Gasteiger partial charge in [-0.3, -0.25) is 9.59 Å². The van der Waals surface area contributed by atoms with Crippen LogP contribution in [0, 0.1) is 5.92 Å². The molecule has 2 heterocycles. The first-order chi connectivity index (χ1) is 9.65. The van der Waals surface area contributed by atoms with Gasteiger partial charge in [0, 0.05) is 25.2 Å². The Hall–Kier alpha value is -1.88. The number of benzene rings is 1. The number of hydrogen-bond donors (Lipinski definition) is 2. The third-order valence-electron chi connectivity index (χ3n) is 4.16. The van der Waals surface area contributed by atoms with Crippen LogP contribution >= 0.6 is 0 Å². The molecule has 5 nitrogen and oxygen atoms in total. The van der Waals surface area contributed by atoms with Crippen molar-refractivity contribution in [2.24, 2.45) is 5.92 Å². The van der Waals surface area contributed by atoms with Crippen molar-refractivity contribution in [3.8, 4) is 0 Å². The zero-order valence-electron chi connectivity index (χ0n) is 11.3. The molecular formula is C15H18N2O3. The first kappa shape index (κ1) is 13.1. The number of rotatable bonds is 2. The van der Waals surface area contributed by atoms with Crippen LogP contribution in [-0.4, -0.2) is 41.5 Å². The van der Waals surface area contributed by atoms with Gasteiger partial charge in [-0.05, 0) is 42.6 Å². The second-order valence-electron chi connectivity index (χ2n) is 5.49. The molecule has 1 fully saturated rings. The van der Waals surface area contributed by atoms with Crippen molar-refractivity contribution in [3.05, 3.63) is 34.9 Å². The van der Waals surface area contributed by atoms with Crippen molar-refractivity contribution in [1.29, 1.82) is 0 Å². The molecule has 1 aromatic carbocycles. The highest BCUT2D eigenvalue weighted by Gasteiger charge is 2.31. The largest absolute Gasteiger partial charge is 0.481 e. The van der Waals surface area contributed by atoms with Gasteiger partial charge in [-0.15, -0.1) is 0 Å². The highest BCUT2D eigenvalue weighted by molar-refractivity contribution is 5.95. The Balaban J connectivity index is 1.76. The molecule has 5 heteroatoms. The molecule has 0 saturated carbocycles. The number of carbonyl (C=O) groups is 2. The normalized spacial score (nSPS) is 21.6. The molecule has 1 amide bonds. The summed E-state index contributed by atoms with van der Waals surface area (Å²) in [7, 11) is 0. The van der Waals surface area contributed by atoms with E-state index in [2.05, 4.69) is 5.32 Å². The number of carboxylic acid groups (broad SMARTS) is 1. The summed E-state index contributed by atoms with van der Waals surface area (Å²) in [6.07, 6.45) is 1.54. The zero-order valence-corrected chi connectivity index (χ0v) is 11.3. The molecule has 0 aliphatic carbocycles. The number of amides is 1. The maximum atomic E-state index is 12.4. The molecule has 2 aliphatic rings. The van der Waals surface area contributed by atoms with E-state index in [1.165, 1.54) is 11.1 Å². The molecule has 3 rings (SSSR count). The second kappa shape index (κ2) is 5.25. The lowest BCUT2D eigenvalue weighted by atomic mass is 9.98. The highest BCUT2D eigenvalue weighted by atomic mass is 16.4. The fourth-order valence-corrected chi connectivity index (χ4v) is 2.94. The van der Waals surface area contributed by atoms with Gasteiger partial charge in [0.1, 0.15) is 0 Å². The summed E-state index contributed by atoms with van der Waals surface area (Å²) in [5, 5.41) is 12.3. The number of likely N-dealkylation sites (tertiary alicyclic amines) is 1. The van der Waals surface area contributed by atoms with E-state index in [0.717, 1.165) is 19.5 Å². The average molecular weight is 274 g/mol. The van der Waals surface area contributed by atoms with Gasteiger partial charge in [0.15, 0.2) is 0 Å². The molecule has 1 saturated heterocycles. The van der Waals surface area contributed by atoms with Crippen LogP contribution in [0.15, 0.2) is 18.2 Å². The summed E-state index contributed by atoms with van der Waals surface area (Å²) in [4.78, 5) is 25.0. The van der Waals surface area contributed by atoms with E-state index in [4.69, 9.17) is 5.11 Å². The first-order valence-electron chi connectivity index (χ1n) is 7.00. The summed E-state index contributed by atoms with van der Waals surface area (Å²) in [5.74, 6) is -1.28. The Labute approximate surface area is 117 Å². The summed E-state index contributed by atoms with van der Waals surface area (Å²) in [5.41, 5.74) is 3.14. The lowest BCUT2D eigenvalue weighted by molar-refractivity contribution is -0.141. The molecule has 2 N–H and O–H groups in total. The van der Waals surface area contributed by atoms with Gasteiger partial charge in [-0.2, -0.15) is 0 Å². The summed E-state index contributed by atoms with van der Waals surface area (Å²) in [6.45, 7) is 2.63. The average Bonchev–Trinajstić information content (AvgIpc) is 2.96. The fourth-order valence-electron chi connectivity index (χ4n) is 2.94. The number of carbonyl (C=O) groups excluding carboxylic acids is 1. The molecule has 1 atom stereocenters. The summed E-state index contributed by atoms with van der Waals surface area (Å²) in [6, 6.07) is 5.83. The Morgan fingerprint density at radius 1 is 1.30 bits per heavy atom.